The number of carbonyl (C=O) groups excluding carboxylic acids is 2. The molecule has 0 aromatic heterocycles. The number of halogens is 1. The van der Waals surface area contributed by atoms with Gasteiger partial charge in [0.05, 0.1) is 5.25 Å². The van der Waals surface area contributed by atoms with E-state index in [1.54, 1.807) is 24.3 Å². The van der Waals surface area contributed by atoms with Gasteiger partial charge < -0.3 is 0 Å². The highest BCUT2D eigenvalue weighted by Gasteiger charge is 2.30. The Morgan fingerprint density at radius 2 is 1.68 bits per heavy atom. The van der Waals surface area contributed by atoms with Gasteiger partial charge in [0, 0.05) is 10.0 Å². The Balaban J connectivity index is 1.84. The summed E-state index contributed by atoms with van der Waals surface area (Å²) in [4.78, 5) is 23.5. The van der Waals surface area contributed by atoms with Gasteiger partial charge in [-0.1, -0.05) is 28.8 Å². The quantitative estimate of drug-likeness (QED) is 0.765. The average Bonchev–Trinajstić information content (AvgIpc) is 3.00. The Hall–Kier alpha value is -1.41. The van der Waals surface area contributed by atoms with Crippen LogP contribution in [0.2, 0.25) is 0 Å². The first-order chi connectivity index (χ1) is 10.4. The molecule has 0 heterocycles. The zero-order valence-electron chi connectivity index (χ0n) is 11.8. The second kappa shape index (κ2) is 7.23. The second-order valence-corrected chi connectivity index (χ2v) is 8.42. The van der Waals surface area contributed by atoms with Crippen LogP contribution in [0.25, 0.3) is 0 Å². The summed E-state index contributed by atoms with van der Waals surface area (Å²) in [5.74, 6) is -1.82. The van der Waals surface area contributed by atoms with Gasteiger partial charge in [-0.05, 0) is 37.1 Å². The Labute approximate surface area is 137 Å². The normalized spacial score (nSPS) is 15.5. The molecule has 120 valence electrons. The number of rotatable bonds is 4. The molecule has 2 rings (SSSR count). The van der Waals surface area contributed by atoms with Gasteiger partial charge in [-0.3, -0.25) is 20.4 Å². The highest BCUT2D eigenvalue weighted by molar-refractivity contribution is 9.10. The van der Waals surface area contributed by atoms with E-state index in [2.05, 4.69) is 26.8 Å². The molecule has 2 N–H and O–H groups in total. The van der Waals surface area contributed by atoms with Crippen LogP contribution in [0.15, 0.2) is 28.7 Å². The van der Waals surface area contributed by atoms with Crippen molar-refractivity contribution in [2.75, 3.05) is 5.75 Å². The van der Waals surface area contributed by atoms with Crippen LogP contribution < -0.4 is 10.9 Å². The minimum absolute atomic E-state index is 0.363. The molecule has 0 atom stereocenters. The zero-order valence-corrected chi connectivity index (χ0v) is 14.2. The Morgan fingerprint density at radius 1 is 1.09 bits per heavy atom. The number of hydrazine groups is 1. The molecule has 2 amide bonds. The summed E-state index contributed by atoms with van der Waals surface area (Å²) < 4.78 is 24.9. The van der Waals surface area contributed by atoms with E-state index >= 15 is 0 Å². The molecule has 22 heavy (non-hydrogen) atoms. The van der Waals surface area contributed by atoms with Crippen molar-refractivity contribution < 1.29 is 18.0 Å². The van der Waals surface area contributed by atoms with E-state index in [4.69, 9.17) is 0 Å². The molecule has 0 bridgehead atoms. The second-order valence-electron chi connectivity index (χ2n) is 5.22. The van der Waals surface area contributed by atoms with Crippen molar-refractivity contribution in [1.29, 1.82) is 0 Å². The Bertz CT molecular complexity index is 652. The van der Waals surface area contributed by atoms with Crippen LogP contribution in [0, 0.1) is 0 Å². The van der Waals surface area contributed by atoms with E-state index in [0.717, 1.165) is 17.3 Å². The van der Waals surface area contributed by atoms with Gasteiger partial charge in [0.15, 0.2) is 9.84 Å². The van der Waals surface area contributed by atoms with E-state index in [1.165, 1.54) is 0 Å². The molecule has 1 aliphatic carbocycles. The summed E-state index contributed by atoms with van der Waals surface area (Å²) in [6.45, 7) is 0. The molecule has 6 nitrogen and oxygen atoms in total. The van der Waals surface area contributed by atoms with Crippen molar-refractivity contribution in [2.24, 2.45) is 0 Å². The number of amides is 2. The van der Waals surface area contributed by atoms with Crippen LogP contribution >= 0.6 is 15.9 Å². The topological polar surface area (TPSA) is 92.3 Å². The van der Waals surface area contributed by atoms with Crippen molar-refractivity contribution >= 4 is 37.6 Å². The number of hydrogen-bond acceptors (Lipinski definition) is 4. The van der Waals surface area contributed by atoms with Crippen molar-refractivity contribution in [1.82, 2.24) is 10.9 Å². The molecule has 1 saturated carbocycles. The molecule has 0 aliphatic heterocycles. The van der Waals surface area contributed by atoms with Gasteiger partial charge in [-0.25, -0.2) is 8.42 Å². The molecular formula is C14H17BrN2O4S. The lowest BCUT2D eigenvalue weighted by atomic mass is 10.2. The van der Waals surface area contributed by atoms with Crippen LogP contribution in [0.1, 0.15) is 36.0 Å². The lowest BCUT2D eigenvalue weighted by molar-refractivity contribution is -0.119. The fourth-order valence-corrected chi connectivity index (χ4v) is 4.37. The lowest BCUT2D eigenvalue weighted by Crippen LogP contribution is -2.45. The van der Waals surface area contributed by atoms with Gasteiger partial charge in [0.2, 0.25) is 0 Å². The smallest absolute Gasteiger partial charge is 0.269 e. The predicted octanol–water partition coefficient (Wildman–Crippen LogP) is 1.57. The Morgan fingerprint density at radius 3 is 2.27 bits per heavy atom. The first kappa shape index (κ1) is 17.0. The van der Waals surface area contributed by atoms with E-state index in [0.29, 0.717) is 18.4 Å². The number of nitrogens with one attached hydrogen (secondary N) is 2. The third-order valence-corrected chi connectivity index (χ3v) is 6.24. The maximum absolute atomic E-state index is 12.0. The molecule has 8 heteroatoms. The van der Waals surface area contributed by atoms with E-state index in [9.17, 15) is 18.0 Å². The van der Waals surface area contributed by atoms with Crippen LogP contribution in [-0.4, -0.2) is 31.2 Å². The molecule has 0 saturated heterocycles. The van der Waals surface area contributed by atoms with Gasteiger partial charge in [-0.15, -0.1) is 0 Å². The average molecular weight is 389 g/mol. The van der Waals surface area contributed by atoms with Crippen molar-refractivity contribution in [3.05, 3.63) is 34.3 Å². The molecule has 1 aliphatic rings. The van der Waals surface area contributed by atoms with Crippen LogP contribution in [-0.2, 0) is 14.6 Å². The Kier molecular flexibility index (Phi) is 5.57. The summed E-state index contributed by atoms with van der Waals surface area (Å²) in [6, 6.07) is 6.56. The fourth-order valence-electron chi connectivity index (χ4n) is 2.38. The number of sulfone groups is 1. The summed E-state index contributed by atoms with van der Waals surface area (Å²) in [5.41, 5.74) is 4.72. The summed E-state index contributed by atoms with van der Waals surface area (Å²) in [5, 5.41) is -0.430. The largest absolute Gasteiger partial charge is 0.272 e. The third-order valence-electron chi connectivity index (χ3n) is 3.56. The number of benzene rings is 1. The highest BCUT2D eigenvalue weighted by atomic mass is 79.9. The molecule has 1 aromatic rings. The van der Waals surface area contributed by atoms with Crippen molar-refractivity contribution in [3.63, 3.8) is 0 Å². The van der Waals surface area contributed by atoms with Crippen molar-refractivity contribution in [2.45, 2.75) is 30.9 Å². The first-order valence-corrected chi connectivity index (χ1v) is 9.45. The zero-order chi connectivity index (χ0) is 16.2. The maximum Gasteiger partial charge on any atom is 0.269 e. The standard InChI is InChI=1S/C14H17BrN2O4S/c15-11-7-5-10(6-8-11)14(19)17-16-13(18)9-22(20,21)12-3-1-2-4-12/h5-8,12H,1-4,9H2,(H,16,18)(H,17,19). The first-order valence-electron chi connectivity index (χ1n) is 6.95. The predicted molar refractivity (Wildman–Crippen MR) is 85.8 cm³/mol. The van der Waals surface area contributed by atoms with Crippen molar-refractivity contribution in [3.8, 4) is 0 Å². The minimum Gasteiger partial charge on any atom is -0.272 e. The summed E-state index contributed by atoms with van der Waals surface area (Å²) in [7, 11) is -3.45. The summed E-state index contributed by atoms with van der Waals surface area (Å²) in [6.07, 6.45) is 2.99. The van der Waals surface area contributed by atoms with E-state index in [-0.39, 0.29) is 0 Å². The van der Waals surface area contributed by atoms with Gasteiger partial charge in [-0.2, -0.15) is 0 Å². The molecular weight excluding hydrogens is 372 g/mol. The van der Waals surface area contributed by atoms with Crippen LogP contribution in [0.3, 0.4) is 0 Å². The van der Waals surface area contributed by atoms with Crippen LogP contribution in [0.5, 0.6) is 0 Å². The number of carbonyl (C=O) groups is 2. The van der Waals surface area contributed by atoms with Gasteiger partial charge >= 0.3 is 0 Å². The lowest BCUT2D eigenvalue weighted by Gasteiger charge is -2.11. The monoisotopic (exact) mass is 388 g/mol. The van der Waals surface area contributed by atoms with Gasteiger partial charge in [0.1, 0.15) is 5.75 Å². The van der Waals surface area contributed by atoms with Crippen LogP contribution in [0.4, 0.5) is 0 Å². The van der Waals surface area contributed by atoms with E-state index in [1.807, 2.05) is 0 Å². The third kappa shape index (κ3) is 4.54. The van der Waals surface area contributed by atoms with E-state index < -0.39 is 32.7 Å². The maximum atomic E-state index is 12.0. The van der Waals surface area contributed by atoms with Gasteiger partial charge in [0.25, 0.3) is 11.8 Å². The fraction of sp³-hybridized carbons (Fsp3) is 0.429. The summed E-state index contributed by atoms with van der Waals surface area (Å²) >= 11 is 3.25. The molecule has 1 aromatic carbocycles. The highest BCUT2D eigenvalue weighted by Crippen LogP contribution is 2.25. The minimum atomic E-state index is -3.45. The molecule has 0 radical (unpaired) electrons. The molecule has 0 spiro atoms. The molecule has 0 unspecified atom stereocenters. The SMILES string of the molecule is O=C(CS(=O)(=O)C1CCCC1)NNC(=O)c1ccc(Br)cc1. The number of hydrogen-bond donors (Lipinski definition) is 2. The molecule has 1 fully saturated rings.